The zero-order valence-electron chi connectivity index (χ0n) is 14.4. The molecular formula is C19H19FN2O4. The predicted molar refractivity (Wildman–Crippen MR) is 93.9 cm³/mol. The van der Waals surface area contributed by atoms with E-state index in [1.807, 2.05) is 0 Å². The third-order valence-corrected chi connectivity index (χ3v) is 3.50. The molecule has 1 atom stereocenters. The van der Waals surface area contributed by atoms with Gasteiger partial charge in [-0.15, -0.1) is 0 Å². The van der Waals surface area contributed by atoms with Crippen LogP contribution in [0.3, 0.4) is 0 Å². The Labute approximate surface area is 150 Å². The van der Waals surface area contributed by atoms with E-state index in [0.29, 0.717) is 12.2 Å². The van der Waals surface area contributed by atoms with E-state index in [-0.39, 0.29) is 11.5 Å². The van der Waals surface area contributed by atoms with Crippen LogP contribution < -0.4 is 10.6 Å². The number of esters is 1. The molecule has 0 aliphatic heterocycles. The Kier molecular flexibility index (Phi) is 6.43. The number of benzene rings is 2. The highest BCUT2D eigenvalue weighted by Crippen LogP contribution is 2.11. The number of carbonyl (C=O) groups excluding carboxylic acids is 3. The van der Waals surface area contributed by atoms with Crippen LogP contribution in [-0.2, 0) is 20.9 Å². The fourth-order valence-electron chi connectivity index (χ4n) is 2.04. The lowest BCUT2D eigenvalue weighted by Crippen LogP contribution is -2.30. The van der Waals surface area contributed by atoms with Crippen molar-refractivity contribution in [2.45, 2.75) is 26.5 Å². The Bertz CT molecular complexity index is 788. The molecule has 1 unspecified atom stereocenters. The quantitative estimate of drug-likeness (QED) is 0.778. The minimum atomic E-state index is -1.02. The van der Waals surface area contributed by atoms with Gasteiger partial charge in [0.2, 0.25) is 5.91 Å². The Morgan fingerprint density at radius 2 is 1.65 bits per heavy atom. The fraction of sp³-hybridized carbons (Fsp3) is 0.211. The standard InChI is InChI=1S/C19H19FN2O4/c1-12(18(24)22-17-9-7-16(20)8-10-17)26-19(25)15-5-3-14(4-6-15)11-21-13(2)23/h3-10,12H,11H2,1-2H3,(H,21,23)(H,22,24). The van der Waals surface area contributed by atoms with Crippen molar-refractivity contribution in [3.8, 4) is 0 Å². The molecule has 2 N–H and O–H groups in total. The number of anilines is 1. The highest BCUT2D eigenvalue weighted by molar-refractivity contribution is 5.97. The van der Waals surface area contributed by atoms with Crippen molar-refractivity contribution in [1.29, 1.82) is 0 Å². The van der Waals surface area contributed by atoms with E-state index in [1.165, 1.54) is 38.1 Å². The first-order chi connectivity index (χ1) is 12.3. The Hall–Kier alpha value is -3.22. The van der Waals surface area contributed by atoms with Gasteiger partial charge in [0, 0.05) is 19.2 Å². The molecule has 136 valence electrons. The van der Waals surface area contributed by atoms with E-state index < -0.39 is 23.8 Å². The van der Waals surface area contributed by atoms with Crippen molar-refractivity contribution in [2.24, 2.45) is 0 Å². The molecule has 2 rings (SSSR count). The van der Waals surface area contributed by atoms with Crippen molar-refractivity contribution in [1.82, 2.24) is 5.32 Å². The maximum atomic E-state index is 12.9. The Balaban J connectivity index is 1.90. The Morgan fingerprint density at radius 1 is 1.04 bits per heavy atom. The lowest BCUT2D eigenvalue weighted by molar-refractivity contribution is -0.123. The summed E-state index contributed by atoms with van der Waals surface area (Å²) in [5.74, 6) is -1.72. The van der Waals surface area contributed by atoms with E-state index in [2.05, 4.69) is 10.6 Å². The van der Waals surface area contributed by atoms with Crippen molar-refractivity contribution in [2.75, 3.05) is 5.32 Å². The summed E-state index contributed by atoms with van der Waals surface area (Å²) in [6, 6.07) is 11.8. The van der Waals surface area contributed by atoms with Gasteiger partial charge in [-0.1, -0.05) is 12.1 Å². The number of carbonyl (C=O) groups is 3. The summed E-state index contributed by atoms with van der Waals surface area (Å²) >= 11 is 0. The zero-order chi connectivity index (χ0) is 19.1. The van der Waals surface area contributed by atoms with Gasteiger partial charge < -0.3 is 15.4 Å². The number of rotatable bonds is 6. The maximum Gasteiger partial charge on any atom is 0.338 e. The summed E-state index contributed by atoms with van der Waals surface area (Å²) in [4.78, 5) is 35.0. The van der Waals surface area contributed by atoms with Gasteiger partial charge in [-0.2, -0.15) is 0 Å². The molecule has 0 saturated heterocycles. The molecule has 0 bridgehead atoms. The minimum Gasteiger partial charge on any atom is -0.449 e. The van der Waals surface area contributed by atoms with Crippen LogP contribution in [0.2, 0.25) is 0 Å². The molecule has 0 radical (unpaired) electrons. The third kappa shape index (κ3) is 5.70. The number of nitrogens with one attached hydrogen (secondary N) is 2. The van der Waals surface area contributed by atoms with Crippen LogP contribution >= 0.6 is 0 Å². The number of ether oxygens (including phenoxy) is 1. The summed E-state index contributed by atoms with van der Waals surface area (Å²) in [5, 5.41) is 5.19. The normalized spacial score (nSPS) is 11.3. The van der Waals surface area contributed by atoms with Crippen LogP contribution in [0.1, 0.15) is 29.8 Å². The third-order valence-electron chi connectivity index (χ3n) is 3.50. The van der Waals surface area contributed by atoms with Gasteiger partial charge >= 0.3 is 5.97 Å². The van der Waals surface area contributed by atoms with Crippen molar-refractivity contribution >= 4 is 23.5 Å². The largest absolute Gasteiger partial charge is 0.449 e. The molecule has 0 fully saturated rings. The first kappa shape index (κ1) is 19.1. The van der Waals surface area contributed by atoms with E-state index >= 15 is 0 Å². The van der Waals surface area contributed by atoms with Gasteiger partial charge in [0.15, 0.2) is 6.10 Å². The molecule has 0 aromatic heterocycles. The monoisotopic (exact) mass is 358 g/mol. The number of halogens is 1. The highest BCUT2D eigenvalue weighted by atomic mass is 19.1. The van der Waals surface area contributed by atoms with Crippen LogP contribution in [0.15, 0.2) is 48.5 Å². The van der Waals surface area contributed by atoms with Crippen LogP contribution in [0.25, 0.3) is 0 Å². The van der Waals surface area contributed by atoms with Crippen molar-refractivity contribution < 1.29 is 23.5 Å². The SMILES string of the molecule is CC(=O)NCc1ccc(C(=O)OC(C)C(=O)Nc2ccc(F)cc2)cc1. The van der Waals surface area contributed by atoms with Crippen LogP contribution in [0.4, 0.5) is 10.1 Å². The topological polar surface area (TPSA) is 84.5 Å². The van der Waals surface area contributed by atoms with E-state index in [4.69, 9.17) is 4.74 Å². The molecule has 0 saturated carbocycles. The first-order valence-electron chi connectivity index (χ1n) is 7.96. The van der Waals surface area contributed by atoms with Crippen LogP contribution in [0, 0.1) is 5.82 Å². The predicted octanol–water partition coefficient (Wildman–Crippen LogP) is 2.65. The Morgan fingerprint density at radius 3 is 2.23 bits per heavy atom. The van der Waals surface area contributed by atoms with Gasteiger partial charge in [-0.05, 0) is 48.9 Å². The summed E-state index contributed by atoms with van der Waals surface area (Å²) in [6.45, 7) is 3.23. The van der Waals surface area contributed by atoms with Gasteiger partial charge in [-0.25, -0.2) is 9.18 Å². The van der Waals surface area contributed by atoms with E-state index in [0.717, 1.165) is 5.56 Å². The van der Waals surface area contributed by atoms with E-state index in [9.17, 15) is 18.8 Å². The van der Waals surface area contributed by atoms with Gasteiger partial charge in [-0.3, -0.25) is 9.59 Å². The molecule has 7 heteroatoms. The minimum absolute atomic E-state index is 0.144. The zero-order valence-corrected chi connectivity index (χ0v) is 14.4. The van der Waals surface area contributed by atoms with Gasteiger partial charge in [0.1, 0.15) is 5.82 Å². The molecule has 0 spiro atoms. The average molecular weight is 358 g/mol. The van der Waals surface area contributed by atoms with Gasteiger partial charge in [0.25, 0.3) is 5.91 Å². The second kappa shape index (κ2) is 8.75. The number of hydrogen-bond donors (Lipinski definition) is 2. The highest BCUT2D eigenvalue weighted by Gasteiger charge is 2.19. The van der Waals surface area contributed by atoms with Gasteiger partial charge in [0.05, 0.1) is 5.56 Å². The first-order valence-corrected chi connectivity index (χ1v) is 7.96. The summed E-state index contributed by atoms with van der Waals surface area (Å²) in [5.41, 5.74) is 1.53. The second-order valence-electron chi connectivity index (χ2n) is 5.65. The molecule has 2 amide bonds. The smallest absolute Gasteiger partial charge is 0.338 e. The molecule has 0 aliphatic carbocycles. The maximum absolute atomic E-state index is 12.9. The lowest BCUT2D eigenvalue weighted by atomic mass is 10.1. The van der Waals surface area contributed by atoms with Crippen LogP contribution in [-0.4, -0.2) is 23.9 Å². The molecule has 6 nitrogen and oxygen atoms in total. The van der Waals surface area contributed by atoms with Crippen LogP contribution in [0.5, 0.6) is 0 Å². The molecule has 2 aromatic carbocycles. The van der Waals surface area contributed by atoms with Crippen molar-refractivity contribution in [3.05, 3.63) is 65.5 Å². The van der Waals surface area contributed by atoms with Crippen molar-refractivity contribution in [3.63, 3.8) is 0 Å². The fourth-order valence-corrected chi connectivity index (χ4v) is 2.04. The second-order valence-corrected chi connectivity index (χ2v) is 5.65. The number of amides is 2. The van der Waals surface area contributed by atoms with E-state index in [1.54, 1.807) is 24.3 Å². The lowest BCUT2D eigenvalue weighted by Gasteiger charge is -2.14. The average Bonchev–Trinajstić information content (AvgIpc) is 2.62. The number of hydrogen-bond acceptors (Lipinski definition) is 4. The molecule has 26 heavy (non-hydrogen) atoms. The summed E-state index contributed by atoms with van der Waals surface area (Å²) < 4.78 is 18.0. The summed E-state index contributed by atoms with van der Waals surface area (Å²) in [6.07, 6.45) is -1.02. The molecule has 2 aromatic rings. The summed E-state index contributed by atoms with van der Waals surface area (Å²) in [7, 11) is 0. The molecular weight excluding hydrogens is 339 g/mol. The molecule has 0 heterocycles. The molecule has 0 aliphatic rings.